The Labute approximate surface area is 81.0 Å². The van der Waals surface area contributed by atoms with E-state index in [2.05, 4.69) is 12.3 Å². The maximum atomic E-state index is 5.50. The molecule has 13 heavy (non-hydrogen) atoms. The molecule has 0 aromatic rings. The largest absolute Gasteiger partial charge is 0.384 e. The number of hydrogen-bond donors (Lipinski definition) is 2. The van der Waals surface area contributed by atoms with Crippen LogP contribution >= 0.6 is 0 Å². The molecular weight excluding hydrogens is 164 g/mol. The van der Waals surface area contributed by atoms with Crippen molar-refractivity contribution in [3.63, 3.8) is 0 Å². The summed E-state index contributed by atoms with van der Waals surface area (Å²) in [6, 6.07) is 0.484. The first-order chi connectivity index (χ1) is 6.26. The van der Waals surface area contributed by atoms with Crippen LogP contribution in [0.25, 0.3) is 0 Å². The van der Waals surface area contributed by atoms with Gasteiger partial charge in [-0.25, -0.2) is 0 Å². The second kappa shape index (κ2) is 5.58. The zero-order valence-electron chi connectivity index (χ0n) is 8.75. The normalized spacial score (nSPS) is 21.5. The first-order valence-corrected chi connectivity index (χ1v) is 5.21. The van der Waals surface area contributed by atoms with Crippen molar-refractivity contribution in [2.75, 3.05) is 13.7 Å². The Bertz CT molecular complexity index is 137. The van der Waals surface area contributed by atoms with E-state index in [4.69, 9.17) is 10.6 Å². The molecule has 0 spiro atoms. The molecule has 0 radical (unpaired) electrons. The summed E-state index contributed by atoms with van der Waals surface area (Å²) in [5.74, 6) is 7.04. The zero-order valence-corrected chi connectivity index (χ0v) is 8.75. The van der Waals surface area contributed by atoms with Crippen molar-refractivity contribution in [1.82, 2.24) is 5.43 Å². The fourth-order valence-corrected chi connectivity index (χ4v) is 1.83. The third-order valence-electron chi connectivity index (χ3n) is 2.69. The van der Waals surface area contributed by atoms with E-state index >= 15 is 0 Å². The Morgan fingerprint density at radius 3 is 2.69 bits per heavy atom. The summed E-state index contributed by atoms with van der Waals surface area (Å²) in [7, 11) is 1.75. The molecule has 1 rings (SSSR count). The maximum absolute atomic E-state index is 5.50. The topological polar surface area (TPSA) is 47.3 Å². The number of nitrogens with one attached hydrogen (secondary N) is 1. The van der Waals surface area contributed by atoms with E-state index in [1.54, 1.807) is 7.11 Å². The number of hydrazine groups is 1. The fraction of sp³-hybridized carbons (Fsp3) is 1.00. The molecule has 0 saturated heterocycles. The third-order valence-corrected chi connectivity index (χ3v) is 2.69. The molecule has 2 unspecified atom stereocenters. The highest BCUT2D eigenvalue weighted by molar-refractivity contribution is 4.80. The van der Waals surface area contributed by atoms with Crippen LogP contribution in [0.5, 0.6) is 0 Å². The highest BCUT2D eigenvalue weighted by Crippen LogP contribution is 2.34. The smallest absolute Gasteiger partial charge is 0.0488 e. The van der Waals surface area contributed by atoms with Gasteiger partial charge in [-0.15, -0.1) is 0 Å². The van der Waals surface area contributed by atoms with Crippen molar-refractivity contribution in [2.45, 2.75) is 38.6 Å². The molecule has 0 bridgehead atoms. The Hall–Kier alpha value is -0.120. The van der Waals surface area contributed by atoms with Crippen LogP contribution in [0.4, 0.5) is 0 Å². The van der Waals surface area contributed by atoms with Gasteiger partial charge in [0.15, 0.2) is 0 Å². The van der Waals surface area contributed by atoms with Crippen LogP contribution in [-0.4, -0.2) is 19.8 Å². The predicted octanol–water partition coefficient (Wildman–Crippen LogP) is 1.29. The van der Waals surface area contributed by atoms with E-state index < -0.39 is 0 Å². The lowest BCUT2D eigenvalue weighted by Crippen LogP contribution is -2.37. The molecule has 2 atom stereocenters. The molecule has 0 amide bonds. The second-order valence-electron chi connectivity index (χ2n) is 4.34. The number of hydrogen-bond acceptors (Lipinski definition) is 3. The highest BCUT2D eigenvalue weighted by atomic mass is 16.5. The molecule has 3 heteroatoms. The van der Waals surface area contributed by atoms with Gasteiger partial charge in [-0.2, -0.15) is 0 Å². The summed E-state index contributed by atoms with van der Waals surface area (Å²) in [6.07, 6.45) is 5.17. The van der Waals surface area contributed by atoms with Crippen LogP contribution in [0.3, 0.4) is 0 Å². The summed E-state index contributed by atoms with van der Waals surface area (Å²) in [4.78, 5) is 0. The molecule has 3 nitrogen and oxygen atoms in total. The first-order valence-electron chi connectivity index (χ1n) is 5.21. The van der Waals surface area contributed by atoms with Gasteiger partial charge >= 0.3 is 0 Å². The monoisotopic (exact) mass is 186 g/mol. The number of ether oxygens (including phenoxy) is 1. The van der Waals surface area contributed by atoms with Crippen LogP contribution in [0.2, 0.25) is 0 Å². The van der Waals surface area contributed by atoms with Gasteiger partial charge in [-0.05, 0) is 24.7 Å². The molecule has 1 aliphatic rings. The van der Waals surface area contributed by atoms with E-state index in [9.17, 15) is 0 Å². The number of methoxy groups -OCH3 is 1. The molecule has 78 valence electrons. The van der Waals surface area contributed by atoms with Gasteiger partial charge in [0.05, 0.1) is 0 Å². The molecular formula is C10H22N2O. The van der Waals surface area contributed by atoms with Crippen LogP contribution in [0.1, 0.15) is 32.6 Å². The van der Waals surface area contributed by atoms with Gasteiger partial charge in [0, 0.05) is 19.8 Å². The summed E-state index contributed by atoms with van der Waals surface area (Å²) in [5, 5.41) is 0. The Balaban J connectivity index is 2.13. The lowest BCUT2D eigenvalue weighted by atomic mass is 9.99. The quantitative estimate of drug-likeness (QED) is 0.465. The van der Waals surface area contributed by atoms with E-state index in [1.807, 2.05) is 0 Å². The van der Waals surface area contributed by atoms with Crippen molar-refractivity contribution in [3.05, 3.63) is 0 Å². The summed E-state index contributed by atoms with van der Waals surface area (Å²) < 4.78 is 5.10. The standard InChI is InChI=1S/C10H22N2O/c1-8(7-13-2)5-10(12-11)6-9-3-4-9/h8-10,12H,3-7,11H2,1-2H3. The van der Waals surface area contributed by atoms with E-state index in [1.165, 1.54) is 19.3 Å². The minimum Gasteiger partial charge on any atom is -0.384 e. The molecule has 0 aromatic heterocycles. The second-order valence-corrected chi connectivity index (χ2v) is 4.34. The Morgan fingerprint density at radius 1 is 1.54 bits per heavy atom. The van der Waals surface area contributed by atoms with Crippen LogP contribution in [0, 0.1) is 11.8 Å². The SMILES string of the molecule is COCC(C)CC(CC1CC1)NN. The summed E-state index contributed by atoms with van der Waals surface area (Å²) >= 11 is 0. The average Bonchev–Trinajstić information content (AvgIpc) is 2.87. The Morgan fingerprint density at radius 2 is 2.23 bits per heavy atom. The first kappa shape index (κ1) is 11.0. The lowest BCUT2D eigenvalue weighted by molar-refractivity contribution is 0.148. The lowest BCUT2D eigenvalue weighted by Gasteiger charge is -2.19. The van der Waals surface area contributed by atoms with Gasteiger partial charge in [0.2, 0.25) is 0 Å². The van der Waals surface area contributed by atoms with Crippen molar-refractivity contribution in [1.29, 1.82) is 0 Å². The minimum absolute atomic E-state index is 0.484. The van der Waals surface area contributed by atoms with E-state index in [0.29, 0.717) is 12.0 Å². The molecule has 0 aliphatic heterocycles. The van der Waals surface area contributed by atoms with Gasteiger partial charge in [0.25, 0.3) is 0 Å². The predicted molar refractivity (Wildman–Crippen MR) is 54.1 cm³/mol. The van der Waals surface area contributed by atoms with Gasteiger partial charge < -0.3 is 4.74 Å². The average molecular weight is 186 g/mol. The summed E-state index contributed by atoms with van der Waals surface area (Å²) in [5.41, 5.74) is 2.91. The van der Waals surface area contributed by atoms with Crippen molar-refractivity contribution in [3.8, 4) is 0 Å². The van der Waals surface area contributed by atoms with E-state index in [0.717, 1.165) is 18.9 Å². The van der Waals surface area contributed by atoms with Crippen molar-refractivity contribution < 1.29 is 4.74 Å². The van der Waals surface area contributed by atoms with Gasteiger partial charge in [-0.3, -0.25) is 11.3 Å². The van der Waals surface area contributed by atoms with Crippen molar-refractivity contribution >= 4 is 0 Å². The molecule has 0 heterocycles. The van der Waals surface area contributed by atoms with Gasteiger partial charge in [-0.1, -0.05) is 19.8 Å². The van der Waals surface area contributed by atoms with Gasteiger partial charge in [0.1, 0.15) is 0 Å². The summed E-state index contributed by atoms with van der Waals surface area (Å²) in [6.45, 7) is 3.05. The maximum Gasteiger partial charge on any atom is 0.0488 e. The number of nitrogens with two attached hydrogens (primary N) is 1. The molecule has 1 fully saturated rings. The molecule has 3 N–H and O–H groups in total. The van der Waals surface area contributed by atoms with Crippen LogP contribution in [0.15, 0.2) is 0 Å². The Kier molecular flexibility index (Phi) is 4.70. The zero-order chi connectivity index (χ0) is 9.68. The third kappa shape index (κ3) is 4.60. The molecule has 1 aliphatic carbocycles. The number of rotatable bonds is 7. The van der Waals surface area contributed by atoms with Crippen LogP contribution < -0.4 is 11.3 Å². The van der Waals surface area contributed by atoms with Crippen LogP contribution in [-0.2, 0) is 4.74 Å². The molecule has 1 saturated carbocycles. The fourth-order valence-electron chi connectivity index (χ4n) is 1.83. The highest BCUT2D eigenvalue weighted by Gasteiger charge is 2.25. The molecule has 0 aromatic carbocycles. The van der Waals surface area contributed by atoms with Crippen molar-refractivity contribution in [2.24, 2.45) is 17.7 Å². The minimum atomic E-state index is 0.484. The van der Waals surface area contributed by atoms with E-state index in [-0.39, 0.29) is 0 Å².